The van der Waals surface area contributed by atoms with Gasteiger partial charge in [0.25, 0.3) is 0 Å². The van der Waals surface area contributed by atoms with Crippen molar-refractivity contribution in [2.24, 2.45) is 0 Å². The van der Waals surface area contributed by atoms with Crippen molar-refractivity contribution in [2.75, 3.05) is 5.32 Å². The van der Waals surface area contributed by atoms with Crippen LogP contribution in [0.4, 0.5) is 5.69 Å². The minimum Gasteiger partial charge on any atom is -0.376 e. The van der Waals surface area contributed by atoms with Crippen LogP contribution in [0.2, 0.25) is 0 Å². The van der Waals surface area contributed by atoms with E-state index in [4.69, 9.17) is 0 Å². The van der Waals surface area contributed by atoms with E-state index in [9.17, 15) is 0 Å². The second kappa shape index (κ2) is 5.21. The average Bonchev–Trinajstić information content (AvgIpc) is 3.08. The molecule has 0 radical (unpaired) electrons. The molecule has 2 N–H and O–H groups in total. The number of hydrogen-bond acceptors (Lipinski definition) is 3. The Kier molecular flexibility index (Phi) is 3.25. The second-order valence-electron chi connectivity index (χ2n) is 4.87. The van der Waals surface area contributed by atoms with Crippen molar-refractivity contribution in [1.82, 2.24) is 19.7 Å². The predicted molar refractivity (Wildman–Crippen MR) is 79.0 cm³/mol. The number of anilines is 1. The van der Waals surface area contributed by atoms with Gasteiger partial charge in [0.1, 0.15) is 5.82 Å². The van der Waals surface area contributed by atoms with Crippen molar-refractivity contribution in [1.29, 1.82) is 0 Å². The molecule has 0 unspecified atom stereocenters. The minimum absolute atomic E-state index is 0.656. The van der Waals surface area contributed by atoms with Crippen molar-refractivity contribution >= 4 is 5.69 Å². The van der Waals surface area contributed by atoms with E-state index in [1.165, 1.54) is 5.56 Å². The Hall–Kier alpha value is -2.56. The van der Waals surface area contributed by atoms with Crippen LogP contribution >= 0.6 is 0 Å². The van der Waals surface area contributed by atoms with Gasteiger partial charge in [-0.25, -0.2) is 9.67 Å². The Labute approximate surface area is 117 Å². The largest absolute Gasteiger partial charge is 0.376 e. The van der Waals surface area contributed by atoms with E-state index in [1.54, 1.807) is 6.20 Å². The molecule has 0 fully saturated rings. The fraction of sp³-hybridized carbons (Fsp3) is 0.200. The molecule has 5 nitrogen and oxygen atoms in total. The van der Waals surface area contributed by atoms with E-state index in [-0.39, 0.29) is 0 Å². The SMILES string of the molecule is Cc1ccc(-n2cc(C)cn2)c(NCc2ncc[nH]2)c1. The van der Waals surface area contributed by atoms with Gasteiger partial charge in [0.2, 0.25) is 0 Å². The molecule has 2 aromatic heterocycles. The third-order valence-corrected chi connectivity index (χ3v) is 3.11. The van der Waals surface area contributed by atoms with Gasteiger partial charge in [-0.2, -0.15) is 5.10 Å². The van der Waals surface area contributed by atoms with Gasteiger partial charge in [0.05, 0.1) is 24.1 Å². The number of aromatic nitrogens is 4. The number of nitrogens with one attached hydrogen (secondary N) is 2. The number of hydrogen-bond donors (Lipinski definition) is 2. The van der Waals surface area contributed by atoms with Crippen molar-refractivity contribution < 1.29 is 0 Å². The van der Waals surface area contributed by atoms with Gasteiger partial charge < -0.3 is 10.3 Å². The smallest absolute Gasteiger partial charge is 0.125 e. The Balaban J connectivity index is 1.90. The first-order chi connectivity index (χ1) is 9.72. The Morgan fingerprint density at radius 3 is 2.85 bits per heavy atom. The summed E-state index contributed by atoms with van der Waals surface area (Å²) in [5.74, 6) is 0.911. The van der Waals surface area contributed by atoms with Crippen LogP contribution in [0.15, 0.2) is 43.0 Å². The zero-order valence-electron chi connectivity index (χ0n) is 11.6. The molecule has 0 aliphatic carbocycles. The van der Waals surface area contributed by atoms with E-state index in [2.05, 4.69) is 45.5 Å². The molecular formula is C15H17N5. The molecule has 3 rings (SSSR count). The van der Waals surface area contributed by atoms with Gasteiger partial charge in [-0.3, -0.25) is 0 Å². The lowest BCUT2D eigenvalue weighted by atomic mass is 10.2. The van der Waals surface area contributed by atoms with Crippen LogP contribution in [0.5, 0.6) is 0 Å². The maximum Gasteiger partial charge on any atom is 0.125 e. The summed E-state index contributed by atoms with van der Waals surface area (Å²) < 4.78 is 1.89. The van der Waals surface area contributed by atoms with Crippen LogP contribution in [0.1, 0.15) is 17.0 Å². The number of imidazole rings is 1. The number of aromatic amines is 1. The van der Waals surface area contributed by atoms with Crippen molar-refractivity contribution in [3.8, 4) is 5.69 Å². The summed E-state index contributed by atoms with van der Waals surface area (Å²) in [5, 5.41) is 7.78. The first-order valence-electron chi connectivity index (χ1n) is 6.57. The molecule has 1 aromatic carbocycles. The van der Waals surface area contributed by atoms with Crippen molar-refractivity contribution in [3.63, 3.8) is 0 Å². The number of rotatable bonds is 4. The fourth-order valence-electron chi connectivity index (χ4n) is 2.11. The highest BCUT2D eigenvalue weighted by molar-refractivity contribution is 5.62. The minimum atomic E-state index is 0.656. The van der Waals surface area contributed by atoms with Crippen molar-refractivity contribution in [2.45, 2.75) is 20.4 Å². The predicted octanol–water partition coefficient (Wildman–Crippen LogP) is 2.82. The summed E-state index contributed by atoms with van der Waals surface area (Å²) >= 11 is 0. The van der Waals surface area contributed by atoms with Gasteiger partial charge in [-0.1, -0.05) is 6.07 Å². The van der Waals surface area contributed by atoms with Gasteiger partial charge in [-0.15, -0.1) is 0 Å². The first-order valence-corrected chi connectivity index (χ1v) is 6.57. The van der Waals surface area contributed by atoms with E-state index in [1.807, 2.05) is 30.2 Å². The van der Waals surface area contributed by atoms with Crippen LogP contribution in [-0.2, 0) is 6.54 Å². The van der Waals surface area contributed by atoms with E-state index in [0.29, 0.717) is 6.54 Å². The highest BCUT2D eigenvalue weighted by atomic mass is 15.3. The highest BCUT2D eigenvalue weighted by Gasteiger charge is 2.06. The number of nitrogens with zero attached hydrogens (tertiary/aromatic N) is 3. The number of H-pyrrole nitrogens is 1. The maximum absolute atomic E-state index is 4.37. The Bertz CT molecular complexity index is 697. The fourth-order valence-corrected chi connectivity index (χ4v) is 2.11. The molecule has 20 heavy (non-hydrogen) atoms. The lowest BCUT2D eigenvalue weighted by Gasteiger charge is -2.12. The van der Waals surface area contributed by atoms with Crippen LogP contribution in [0.25, 0.3) is 5.69 Å². The zero-order valence-corrected chi connectivity index (χ0v) is 11.6. The van der Waals surface area contributed by atoms with Gasteiger partial charge in [0.15, 0.2) is 0 Å². The number of benzene rings is 1. The third-order valence-electron chi connectivity index (χ3n) is 3.11. The van der Waals surface area contributed by atoms with Gasteiger partial charge in [-0.05, 0) is 37.1 Å². The highest BCUT2D eigenvalue weighted by Crippen LogP contribution is 2.22. The van der Waals surface area contributed by atoms with Gasteiger partial charge in [0, 0.05) is 18.6 Å². The molecule has 0 amide bonds. The third kappa shape index (κ3) is 2.56. The first kappa shape index (κ1) is 12.5. The second-order valence-corrected chi connectivity index (χ2v) is 4.87. The molecule has 2 heterocycles. The molecule has 0 aliphatic heterocycles. The molecule has 0 atom stereocenters. The lowest BCUT2D eigenvalue weighted by Crippen LogP contribution is -2.06. The molecule has 5 heteroatoms. The molecule has 0 bridgehead atoms. The van der Waals surface area contributed by atoms with Crippen LogP contribution in [0.3, 0.4) is 0 Å². The Morgan fingerprint density at radius 2 is 2.15 bits per heavy atom. The van der Waals surface area contributed by atoms with Crippen LogP contribution < -0.4 is 5.32 Å². The zero-order chi connectivity index (χ0) is 13.9. The topological polar surface area (TPSA) is 58.5 Å². The van der Waals surface area contributed by atoms with E-state index in [0.717, 1.165) is 22.8 Å². The van der Waals surface area contributed by atoms with E-state index < -0.39 is 0 Å². The summed E-state index contributed by atoms with van der Waals surface area (Å²) in [6.07, 6.45) is 7.45. The molecule has 0 saturated heterocycles. The molecule has 3 aromatic rings. The molecular weight excluding hydrogens is 250 g/mol. The molecule has 0 aliphatic rings. The summed E-state index contributed by atoms with van der Waals surface area (Å²) in [7, 11) is 0. The van der Waals surface area contributed by atoms with Crippen molar-refractivity contribution in [3.05, 3.63) is 59.9 Å². The number of aryl methyl sites for hydroxylation is 2. The molecule has 102 valence electrons. The Morgan fingerprint density at radius 1 is 1.25 bits per heavy atom. The van der Waals surface area contributed by atoms with Gasteiger partial charge >= 0.3 is 0 Å². The summed E-state index contributed by atoms with van der Waals surface area (Å²) in [5.41, 5.74) is 4.43. The summed E-state index contributed by atoms with van der Waals surface area (Å²) in [6, 6.07) is 6.28. The summed E-state index contributed by atoms with van der Waals surface area (Å²) in [6.45, 7) is 4.77. The average molecular weight is 267 g/mol. The lowest BCUT2D eigenvalue weighted by molar-refractivity contribution is 0.876. The standard InChI is InChI=1S/C15H17N5/c1-11-3-4-14(20-10-12(2)8-19-20)13(7-11)18-9-15-16-5-6-17-15/h3-8,10,18H,9H2,1-2H3,(H,16,17). The van der Waals surface area contributed by atoms with Crippen LogP contribution in [0, 0.1) is 13.8 Å². The monoisotopic (exact) mass is 267 g/mol. The molecule has 0 saturated carbocycles. The maximum atomic E-state index is 4.37. The quantitative estimate of drug-likeness (QED) is 0.764. The normalized spacial score (nSPS) is 10.7. The molecule has 0 spiro atoms. The summed E-state index contributed by atoms with van der Waals surface area (Å²) in [4.78, 5) is 7.31. The van der Waals surface area contributed by atoms with E-state index >= 15 is 0 Å². The van der Waals surface area contributed by atoms with Crippen LogP contribution in [-0.4, -0.2) is 19.7 Å².